The Bertz CT molecular complexity index is 66.5. The number of aliphatic hydroxyl groups excluding tert-OH is 1. The molecule has 0 spiro atoms. The molecule has 0 aromatic carbocycles. The Balaban J connectivity index is -0.000000320. The van der Waals surface area contributed by atoms with Crippen molar-refractivity contribution in [3.63, 3.8) is 0 Å². The highest BCUT2D eigenvalue weighted by molar-refractivity contribution is 5.85. The monoisotopic (exact) mass is 204 g/mol. The van der Waals surface area contributed by atoms with Crippen molar-refractivity contribution < 1.29 is 5.11 Å². The lowest BCUT2D eigenvalue weighted by Gasteiger charge is -2.07. The average molecular weight is 205 g/mol. The molecule has 0 aliphatic heterocycles. The lowest BCUT2D eigenvalue weighted by molar-refractivity contribution is 0.278. The second-order valence-corrected chi connectivity index (χ2v) is 2.20. The minimum atomic E-state index is 0. The van der Waals surface area contributed by atoms with Crippen molar-refractivity contribution in [2.24, 2.45) is 11.5 Å². The summed E-state index contributed by atoms with van der Waals surface area (Å²) in [6.45, 7) is 0.880. The van der Waals surface area contributed by atoms with E-state index >= 15 is 0 Å². The second kappa shape index (κ2) is 13.1. The molecule has 0 bridgehead atoms. The molecular weight excluding hydrogens is 187 g/mol. The predicted octanol–water partition coefficient (Wildman–Crippen LogP) is 0.279. The highest BCUT2D eigenvalue weighted by Crippen LogP contribution is 1.95. The zero-order valence-electron chi connectivity index (χ0n) is 6.53. The van der Waals surface area contributed by atoms with E-state index in [4.69, 9.17) is 16.6 Å². The summed E-state index contributed by atoms with van der Waals surface area (Å²) >= 11 is 0. The molecule has 0 aromatic heterocycles. The van der Waals surface area contributed by atoms with Gasteiger partial charge in [-0.25, -0.2) is 0 Å². The molecule has 0 amide bonds. The highest BCUT2D eigenvalue weighted by atomic mass is 35.5. The van der Waals surface area contributed by atoms with E-state index in [1.165, 1.54) is 0 Å². The maximum absolute atomic E-state index is 8.40. The highest BCUT2D eigenvalue weighted by Gasteiger charge is 1.98. The zero-order chi connectivity index (χ0) is 7.11. The van der Waals surface area contributed by atoms with Crippen LogP contribution in [0.3, 0.4) is 0 Å². The van der Waals surface area contributed by atoms with Crippen molar-refractivity contribution >= 4 is 24.8 Å². The van der Waals surface area contributed by atoms with Gasteiger partial charge in [0.05, 0.1) is 0 Å². The third kappa shape index (κ3) is 13.5. The molecule has 0 radical (unpaired) electrons. The van der Waals surface area contributed by atoms with Gasteiger partial charge < -0.3 is 16.6 Å². The molecule has 0 fully saturated rings. The molecule has 0 aliphatic rings. The van der Waals surface area contributed by atoms with Crippen LogP contribution in [-0.4, -0.2) is 24.3 Å². The second-order valence-electron chi connectivity index (χ2n) is 2.20. The van der Waals surface area contributed by atoms with Gasteiger partial charge in [-0.2, -0.15) is 0 Å². The van der Waals surface area contributed by atoms with E-state index < -0.39 is 0 Å². The van der Waals surface area contributed by atoms with Crippen LogP contribution in [0.25, 0.3) is 0 Å². The Morgan fingerprint density at radius 1 is 1.18 bits per heavy atom. The molecule has 1 unspecified atom stereocenters. The summed E-state index contributed by atoms with van der Waals surface area (Å²) in [4.78, 5) is 0. The van der Waals surface area contributed by atoms with Crippen LogP contribution in [0.5, 0.6) is 0 Å². The molecule has 5 N–H and O–H groups in total. The average Bonchev–Trinajstić information content (AvgIpc) is 1.85. The number of hydrogen-bond donors (Lipinski definition) is 3. The van der Waals surface area contributed by atoms with Crippen LogP contribution >= 0.6 is 24.8 Å². The number of aliphatic hydroxyl groups is 1. The Morgan fingerprint density at radius 2 is 1.73 bits per heavy atom. The van der Waals surface area contributed by atoms with Gasteiger partial charge in [-0.1, -0.05) is 0 Å². The van der Waals surface area contributed by atoms with E-state index in [9.17, 15) is 0 Å². The van der Waals surface area contributed by atoms with Crippen molar-refractivity contribution in [1.29, 1.82) is 0 Å². The standard InChI is InChI=1S/C6H16N2O.2ClH/c7-4-3-6(8)2-1-5-9;;/h6,9H,1-5,7-8H2;2*1H. The Kier molecular flexibility index (Phi) is 20.8. The number of hydrogen-bond acceptors (Lipinski definition) is 3. The Hall–Kier alpha value is 0.460. The van der Waals surface area contributed by atoms with Gasteiger partial charge in [0, 0.05) is 12.6 Å². The first kappa shape index (κ1) is 17.5. The van der Waals surface area contributed by atoms with E-state index in [1.54, 1.807) is 0 Å². The third-order valence-electron chi connectivity index (χ3n) is 1.27. The molecule has 11 heavy (non-hydrogen) atoms. The van der Waals surface area contributed by atoms with E-state index in [0.29, 0.717) is 6.54 Å². The smallest absolute Gasteiger partial charge is 0.0431 e. The first-order chi connectivity index (χ1) is 4.31. The fraction of sp³-hybridized carbons (Fsp3) is 1.00. The maximum Gasteiger partial charge on any atom is 0.0431 e. The van der Waals surface area contributed by atoms with Crippen LogP contribution in [0.4, 0.5) is 0 Å². The normalized spacial score (nSPS) is 11.2. The van der Waals surface area contributed by atoms with Crippen LogP contribution in [0.2, 0.25) is 0 Å². The molecule has 0 saturated carbocycles. The minimum absolute atomic E-state index is 0. The fourth-order valence-corrected chi connectivity index (χ4v) is 0.712. The van der Waals surface area contributed by atoms with Crippen LogP contribution in [0, 0.1) is 0 Å². The van der Waals surface area contributed by atoms with E-state index in [0.717, 1.165) is 19.3 Å². The quantitative estimate of drug-likeness (QED) is 0.603. The molecule has 72 valence electrons. The number of nitrogens with two attached hydrogens (primary N) is 2. The van der Waals surface area contributed by atoms with E-state index in [2.05, 4.69) is 0 Å². The summed E-state index contributed by atoms with van der Waals surface area (Å²) in [5, 5.41) is 8.40. The topological polar surface area (TPSA) is 72.3 Å². The lowest BCUT2D eigenvalue weighted by atomic mass is 10.1. The van der Waals surface area contributed by atoms with Gasteiger partial charge in [-0.3, -0.25) is 0 Å². The van der Waals surface area contributed by atoms with Gasteiger partial charge in [-0.15, -0.1) is 24.8 Å². The van der Waals surface area contributed by atoms with Gasteiger partial charge in [0.25, 0.3) is 0 Å². The summed E-state index contributed by atoms with van der Waals surface area (Å²) in [5.74, 6) is 0. The summed E-state index contributed by atoms with van der Waals surface area (Å²) < 4.78 is 0. The number of rotatable bonds is 5. The van der Waals surface area contributed by atoms with Crippen molar-refractivity contribution in [2.75, 3.05) is 13.2 Å². The Labute approximate surface area is 80.3 Å². The largest absolute Gasteiger partial charge is 0.396 e. The molecule has 0 aromatic rings. The van der Waals surface area contributed by atoms with Gasteiger partial charge >= 0.3 is 0 Å². The fourth-order valence-electron chi connectivity index (χ4n) is 0.712. The van der Waals surface area contributed by atoms with E-state index in [1.807, 2.05) is 0 Å². The Morgan fingerprint density at radius 3 is 2.09 bits per heavy atom. The van der Waals surface area contributed by atoms with Crippen molar-refractivity contribution in [1.82, 2.24) is 0 Å². The molecule has 5 heteroatoms. The van der Waals surface area contributed by atoms with Crippen LogP contribution in [-0.2, 0) is 0 Å². The lowest BCUT2D eigenvalue weighted by Crippen LogP contribution is -2.23. The first-order valence-electron chi connectivity index (χ1n) is 3.37. The van der Waals surface area contributed by atoms with Gasteiger partial charge in [0.15, 0.2) is 0 Å². The summed E-state index contributed by atoms with van der Waals surface area (Å²) in [5.41, 5.74) is 10.8. The molecular formula is C6H18Cl2N2O. The molecule has 1 atom stereocenters. The van der Waals surface area contributed by atoms with Crippen molar-refractivity contribution in [3.05, 3.63) is 0 Å². The molecule has 0 saturated heterocycles. The van der Waals surface area contributed by atoms with Crippen molar-refractivity contribution in [3.8, 4) is 0 Å². The maximum atomic E-state index is 8.40. The minimum Gasteiger partial charge on any atom is -0.396 e. The van der Waals surface area contributed by atoms with Crippen LogP contribution < -0.4 is 11.5 Å². The van der Waals surface area contributed by atoms with Gasteiger partial charge in [0.2, 0.25) is 0 Å². The zero-order valence-corrected chi connectivity index (χ0v) is 8.16. The number of halogens is 2. The van der Waals surface area contributed by atoms with E-state index in [-0.39, 0.29) is 37.5 Å². The predicted molar refractivity (Wildman–Crippen MR) is 52.5 cm³/mol. The van der Waals surface area contributed by atoms with Gasteiger partial charge in [0.1, 0.15) is 0 Å². The van der Waals surface area contributed by atoms with Crippen LogP contribution in [0.1, 0.15) is 19.3 Å². The SMILES string of the molecule is Cl.Cl.NCCC(N)CCCO. The molecule has 0 heterocycles. The van der Waals surface area contributed by atoms with Gasteiger partial charge in [-0.05, 0) is 25.8 Å². The third-order valence-corrected chi connectivity index (χ3v) is 1.27. The summed E-state index contributed by atoms with van der Waals surface area (Å²) in [6, 6.07) is 0.183. The molecule has 3 nitrogen and oxygen atoms in total. The van der Waals surface area contributed by atoms with Crippen molar-refractivity contribution in [2.45, 2.75) is 25.3 Å². The first-order valence-corrected chi connectivity index (χ1v) is 3.37. The van der Waals surface area contributed by atoms with Crippen LogP contribution in [0.15, 0.2) is 0 Å². The summed E-state index contributed by atoms with van der Waals surface area (Å²) in [6.07, 6.45) is 2.54. The molecule has 0 aliphatic carbocycles. The summed E-state index contributed by atoms with van der Waals surface area (Å²) in [7, 11) is 0. The molecule has 0 rings (SSSR count).